The van der Waals surface area contributed by atoms with Crippen molar-refractivity contribution in [3.63, 3.8) is 0 Å². The highest BCUT2D eigenvalue weighted by Crippen LogP contribution is 1.35. The minimum absolute atomic E-state index is 0. The van der Waals surface area contributed by atoms with Crippen molar-refractivity contribution in [2.75, 3.05) is 0 Å². The Labute approximate surface area is 59.8 Å². The quantitative estimate of drug-likeness (QED) is 0.207. The number of nitrogens with one attached hydrogen (secondary N) is 1. The SMILES string of the molecule is C=CC=O.Cl.N=C(N)N. The molecule has 0 aromatic rings. The first-order valence-electron chi connectivity index (χ1n) is 1.80. The van der Waals surface area contributed by atoms with Gasteiger partial charge in [-0.2, -0.15) is 0 Å². The molecule has 4 nitrogen and oxygen atoms in total. The van der Waals surface area contributed by atoms with Crippen LogP contribution in [0.1, 0.15) is 0 Å². The molecule has 0 rings (SSSR count). The van der Waals surface area contributed by atoms with Crippen LogP contribution in [-0.4, -0.2) is 12.2 Å². The Kier molecular flexibility index (Phi) is 27.5. The lowest BCUT2D eigenvalue weighted by molar-refractivity contribution is -0.104. The Bertz CT molecular complexity index is 83.8. The van der Waals surface area contributed by atoms with E-state index < -0.39 is 0 Å². The third-order valence-electron chi connectivity index (χ3n) is 0.0962. The summed E-state index contributed by atoms with van der Waals surface area (Å²) in [4.78, 5) is 9.06. The monoisotopic (exact) mass is 151 g/mol. The highest BCUT2D eigenvalue weighted by Gasteiger charge is 1.52. The van der Waals surface area contributed by atoms with Gasteiger partial charge < -0.3 is 11.5 Å². The maximum Gasteiger partial charge on any atom is 0.183 e. The number of nitrogens with two attached hydrogens (primary N) is 2. The first kappa shape index (κ1) is 15.7. The second-order valence-electron chi connectivity index (χ2n) is 0.827. The molecular weight excluding hydrogens is 142 g/mol. The Balaban J connectivity index is -0.0000000720. The molecular formula is C4H10ClN3O. The van der Waals surface area contributed by atoms with Gasteiger partial charge in [0, 0.05) is 0 Å². The molecule has 0 saturated heterocycles. The van der Waals surface area contributed by atoms with Crippen LogP contribution in [0.2, 0.25) is 0 Å². The molecule has 0 unspecified atom stereocenters. The van der Waals surface area contributed by atoms with Crippen molar-refractivity contribution in [2.45, 2.75) is 0 Å². The van der Waals surface area contributed by atoms with Crippen LogP contribution < -0.4 is 11.5 Å². The zero-order valence-corrected chi connectivity index (χ0v) is 5.65. The number of guanidine groups is 1. The number of allylic oxidation sites excluding steroid dienone is 1. The molecule has 0 saturated carbocycles. The van der Waals surface area contributed by atoms with Gasteiger partial charge in [0.2, 0.25) is 0 Å². The molecule has 0 atom stereocenters. The van der Waals surface area contributed by atoms with E-state index in [4.69, 9.17) is 10.2 Å². The van der Waals surface area contributed by atoms with E-state index in [0.717, 1.165) is 0 Å². The van der Waals surface area contributed by atoms with E-state index in [9.17, 15) is 0 Å². The predicted molar refractivity (Wildman–Crippen MR) is 39.6 cm³/mol. The molecule has 0 bridgehead atoms. The number of hydrogen-bond acceptors (Lipinski definition) is 2. The van der Waals surface area contributed by atoms with E-state index in [0.29, 0.717) is 6.29 Å². The van der Waals surface area contributed by atoms with Crippen LogP contribution in [-0.2, 0) is 4.79 Å². The molecule has 0 radical (unpaired) electrons. The molecule has 0 amide bonds. The highest BCUT2D eigenvalue weighted by atomic mass is 35.5. The van der Waals surface area contributed by atoms with Crippen LogP contribution in [0.3, 0.4) is 0 Å². The fourth-order valence-electron chi connectivity index (χ4n) is 0. The van der Waals surface area contributed by atoms with Crippen molar-refractivity contribution in [3.8, 4) is 0 Å². The lowest BCUT2D eigenvalue weighted by Gasteiger charge is -1.69. The second-order valence-corrected chi connectivity index (χ2v) is 0.827. The molecule has 5 N–H and O–H groups in total. The molecule has 54 valence electrons. The minimum Gasteiger partial charge on any atom is -0.370 e. The molecule has 0 aliphatic heterocycles. The van der Waals surface area contributed by atoms with Gasteiger partial charge in [0.15, 0.2) is 5.96 Å². The standard InChI is InChI=1S/C3H4O.CH5N3.ClH/c1-2-3-4;2-1(3)4;/h2-3H,1H2;(H5,2,3,4);1H. The number of halogens is 1. The molecule has 5 heteroatoms. The molecule has 0 aromatic carbocycles. The molecule has 0 aliphatic rings. The van der Waals surface area contributed by atoms with Crippen molar-refractivity contribution in [2.24, 2.45) is 11.5 Å². The Morgan fingerprint density at radius 2 is 1.67 bits per heavy atom. The van der Waals surface area contributed by atoms with Gasteiger partial charge in [-0.05, 0) is 6.08 Å². The summed E-state index contributed by atoms with van der Waals surface area (Å²) in [7, 11) is 0. The third kappa shape index (κ3) is 191000. The van der Waals surface area contributed by atoms with Gasteiger partial charge in [0.1, 0.15) is 6.29 Å². The third-order valence-corrected chi connectivity index (χ3v) is 0.0962. The van der Waals surface area contributed by atoms with Crippen molar-refractivity contribution in [1.82, 2.24) is 0 Å². The Hall–Kier alpha value is -1.03. The van der Waals surface area contributed by atoms with Gasteiger partial charge in [-0.3, -0.25) is 10.2 Å². The zero-order valence-electron chi connectivity index (χ0n) is 4.83. The van der Waals surface area contributed by atoms with Crippen LogP contribution in [0.4, 0.5) is 0 Å². The molecule has 9 heavy (non-hydrogen) atoms. The fraction of sp³-hybridized carbons (Fsp3) is 0. The largest absolute Gasteiger partial charge is 0.370 e. The van der Waals surface area contributed by atoms with E-state index in [1.165, 1.54) is 6.08 Å². The minimum atomic E-state index is -0.333. The van der Waals surface area contributed by atoms with Crippen LogP contribution >= 0.6 is 12.4 Å². The summed E-state index contributed by atoms with van der Waals surface area (Å²) in [6.45, 7) is 3.11. The van der Waals surface area contributed by atoms with Gasteiger partial charge in [0.05, 0.1) is 0 Å². The van der Waals surface area contributed by atoms with Crippen LogP contribution in [0.25, 0.3) is 0 Å². The fourth-order valence-corrected chi connectivity index (χ4v) is 0. The predicted octanol–water partition coefficient (Wildman–Crippen LogP) is -0.368. The van der Waals surface area contributed by atoms with Gasteiger partial charge in [-0.15, -0.1) is 12.4 Å². The van der Waals surface area contributed by atoms with E-state index in [1.807, 2.05) is 0 Å². The lowest BCUT2D eigenvalue weighted by Crippen LogP contribution is -2.20. The first-order valence-corrected chi connectivity index (χ1v) is 1.80. The van der Waals surface area contributed by atoms with Crippen molar-refractivity contribution in [1.29, 1.82) is 5.41 Å². The van der Waals surface area contributed by atoms with Crippen LogP contribution in [0.5, 0.6) is 0 Å². The molecule has 0 aliphatic carbocycles. The maximum atomic E-state index is 9.06. The topological polar surface area (TPSA) is 93.0 Å². The summed E-state index contributed by atoms with van der Waals surface area (Å²) in [5, 5.41) is 6.06. The summed E-state index contributed by atoms with van der Waals surface area (Å²) in [6, 6.07) is 0. The van der Waals surface area contributed by atoms with E-state index in [1.54, 1.807) is 0 Å². The highest BCUT2D eigenvalue weighted by molar-refractivity contribution is 5.85. The average molecular weight is 152 g/mol. The van der Waals surface area contributed by atoms with Crippen LogP contribution in [0.15, 0.2) is 12.7 Å². The van der Waals surface area contributed by atoms with E-state index in [-0.39, 0.29) is 18.4 Å². The summed E-state index contributed by atoms with van der Waals surface area (Å²) in [5.74, 6) is -0.333. The molecule has 0 fully saturated rings. The van der Waals surface area contributed by atoms with Crippen LogP contribution in [0, 0.1) is 5.41 Å². The van der Waals surface area contributed by atoms with E-state index in [2.05, 4.69) is 18.0 Å². The molecule has 0 spiro atoms. The number of aldehydes is 1. The number of hydrogen-bond donors (Lipinski definition) is 3. The lowest BCUT2D eigenvalue weighted by atomic mass is 10.8. The van der Waals surface area contributed by atoms with Gasteiger partial charge in [-0.25, -0.2) is 0 Å². The average Bonchev–Trinajstić information content (AvgIpc) is 1.65. The van der Waals surface area contributed by atoms with Gasteiger partial charge in [-0.1, -0.05) is 6.58 Å². The Morgan fingerprint density at radius 3 is 1.67 bits per heavy atom. The smallest absolute Gasteiger partial charge is 0.183 e. The second kappa shape index (κ2) is 15.8. The van der Waals surface area contributed by atoms with E-state index >= 15 is 0 Å². The van der Waals surface area contributed by atoms with Crippen molar-refractivity contribution < 1.29 is 4.79 Å². The zero-order chi connectivity index (χ0) is 6.99. The normalized spacial score (nSPS) is 4.89. The Morgan fingerprint density at radius 1 is 1.56 bits per heavy atom. The molecule has 0 aromatic heterocycles. The summed E-state index contributed by atoms with van der Waals surface area (Å²) >= 11 is 0. The summed E-state index contributed by atoms with van der Waals surface area (Å²) in [5.41, 5.74) is 8.94. The van der Waals surface area contributed by atoms with Gasteiger partial charge >= 0.3 is 0 Å². The summed E-state index contributed by atoms with van der Waals surface area (Å²) < 4.78 is 0. The number of carbonyl (C=O) groups excluding carboxylic acids is 1. The van der Waals surface area contributed by atoms with Crippen molar-refractivity contribution in [3.05, 3.63) is 12.7 Å². The molecule has 0 heterocycles. The maximum absolute atomic E-state index is 9.06. The van der Waals surface area contributed by atoms with Gasteiger partial charge in [0.25, 0.3) is 0 Å². The summed E-state index contributed by atoms with van der Waals surface area (Å²) in [6.07, 6.45) is 1.83. The van der Waals surface area contributed by atoms with Crippen molar-refractivity contribution >= 4 is 24.7 Å². The first-order chi connectivity index (χ1) is 3.65. The number of rotatable bonds is 1. The number of carbonyl (C=O) groups is 1.